The van der Waals surface area contributed by atoms with E-state index in [4.69, 9.17) is 20.7 Å². The Hall–Kier alpha value is -12.7. The fourth-order valence-electron chi connectivity index (χ4n) is 14.5. The number of carbonyl (C=O) groups is 3. The zero-order valence-corrected chi connectivity index (χ0v) is 67.0. The minimum Gasteiger partial charge on any atom is -0.396 e. The Bertz CT molecular complexity index is 5280. The topological polar surface area (TPSA) is 317 Å². The minimum absolute atomic E-state index is 0.129. The summed E-state index contributed by atoms with van der Waals surface area (Å²) in [5.41, 5.74) is 20.7. The molecule has 27 heteroatoms. The van der Waals surface area contributed by atoms with Gasteiger partial charge in [0.25, 0.3) is 11.8 Å². The van der Waals surface area contributed by atoms with Gasteiger partial charge in [0.05, 0.1) is 18.6 Å². The number of carbonyl (C=O) groups excluding carboxylic acids is 3. The van der Waals surface area contributed by atoms with E-state index in [-0.39, 0.29) is 43.0 Å². The van der Waals surface area contributed by atoms with E-state index in [1.165, 1.54) is 12.5 Å². The summed E-state index contributed by atoms with van der Waals surface area (Å²) in [6, 6.07) is 43.9. The fraction of sp³-hybridized carbons (Fsp3) is 0.315. The number of aryl methyl sites for hydroxylation is 3. The Labute approximate surface area is 678 Å². The lowest BCUT2D eigenvalue weighted by atomic mass is 9.99. The SMILES string of the molecule is C=CC(=C)Nc1ccc(C(=O)Nc2cccc(Nc3cc(N4CCCCC4CCO)nc4c(CC)cnn34)c2)cc1.C=CC(=C)Nc1cccc(Nc2cc(N3CCCCC3CCO)nc3c(CC)cnn23)c1.CCc1cnn2c(Nc3cccc(NC(=O)c4ccc(NC(=O)/C=C/CN(C)C)cc4)c3)cc(N3CCCC(N)C3)nc12. The van der Waals surface area contributed by atoms with Crippen molar-refractivity contribution in [2.24, 2.45) is 5.73 Å². The van der Waals surface area contributed by atoms with Crippen molar-refractivity contribution < 1.29 is 24.6 Å². The lowest BCUT2D eigenvalue weighted by Crippen LogP contribution is -2.43. The minimum atomic E-state index is -0.254. The van der Waals surface area contributed by atoms with Crippen LogP contribution in [-0.4, -0.2) is 155 Å². The third kappa shape index (κ3) is 21.4. The predicted octanol–water partition coefficient (Wildman–Crippen LogP) is 15.3. The van der Waals surface area contributed by atoms with Crippen LogP contribution in [0.5, 0.6) is 0 Å². The maximum Gasteiger partial charge on any atom is 0.255 e. The zero-order chi connectivity index (χ0) is 81.6. The maximum absolute atomic E-state index is 13.0. The number of nitrogens with one attached hydrogen (secondary N) is 8. The summed E-state index contributed by atoms with van der Waals surface area (Å²) in [7, 11) is 3.87. The van der Waals surface area contributed by atoms with Crippen LogP contribution in [0.15, 0.2) is 220 Å². The molecular weight excluding hydrogens is 1460 g/mol. The number of aromatic nitrogens is 9. The van der Waals surface area contributed by atoms with Crippen LogP contribution in [0.25, 0.3) is 16.9 Å². The lowest BCUT2D eigenvalue weighted by Gasteiger charge is -2.36. The third-order valence-electron chi connectivity index (χ3n) is 20.6. The molecule has 3 atom stereocenters. The summed E-state index contributed by atoms with van der Waals surface area (Å²) >= 11 is 0. The monoisotopic (exact) mass is 1560 g/mol. The van der Waals surface area contributed by atoms with Crippen molar-refractivity contribution in [1.29, 1.82) is 0 Å². The molecule has 3 amide bonds. The average molecular weight is 1570 g/mol. The first-order chi connectivity index (χ1) is 56.4. The smallest absolute Gasteiger partial charge is 0.255 e. The highest BCUT2D eigenvalue weighted by atomic mass is 16.3. The van der Waals surface area contributed by atoms with Gasteiger partial charge >= 0.3 is 0 Å². The molecule has 604 valence electrons. The molecule has 0 saturated carbocycles. The first-order valence-electron chi connectivity index (χ1n) is 40.0. The Balaban J connectivity index is 0.000000162. The van der Waals surface area contributed by atoms with Gasteiger partial charge in [-0.2, -0.15) is 28.8 Å². The normalized spacial score (nSPS) is 15.4. The average Bonchev–Trinajstić information content (AvgIpc) is 1.60. The molecule has 3 saturated heterocycles. The van der Waals surface area contributed by atoms with E-state index in [2.05, 4.69) is 126 Å². The summed E-state index contributed by atoms with van der Waals surface area (Å²) in [5, 5.41) is 58.6. The molecule has 0 radical (unpaired) electrons. The first kappa shape index (κ1) is 82.8. The van der Waals surface area contributed by atoms with Crippen LogP contribution in [0.3, 0.4) is 0 Å². The molecule has 0 bridgehead atoms. The second-order valence-electron chi connectivity index (χ2n) is 29.4. The molecule has 3 aliphatic heterocycles. The van der Waals surface area contributed by atoms with Crippen molar-refractivity contribution in [2.75, 3.05) is 117 Å². The molecule has 3 unspecified atom stereocenters. The summed E-state index contributed by atoms with van der Waals surface area (Å²) in [6.45, 7) is 26.1. The highest BCUT2D eigenvalue weighted by Gasteiger charge is 2.28. The number of hydrogen-bond donors (Lipinski definition) is 11. The molecular formula is C89H108N22O5. The molecule has 27 nitrogen and oxygen atoms in total. The maximum atomic E-state index is 13.0. The number of nitrogens with zero attached hydrogens (tertiary/aromatic N) is 13. The van der Waals surface area contributed by atoms with Crippen LogP contribution in [-0.2, 0) is 24.1 Å². The number of nitrogens with two attached hydrogens (primary N) is 1. The second kappa shape index (κ2) is 39.9. The van der Waals surface area contributed by atoms with E-state index in [1.54, 1.807) is 54.6 Å². The largest absolute Gasteiger partial charge is 0.396 e. The van der Waals surface area contributed by atoms with Gasteiger partial charge in [0, 0.05) is 173 Å². The molecule has 11 aromatic rings. The lowest BCUT2D eigenvalue weighted by molar-refractivity contribution is -0.111. The van der Waals surface area contributed by atoms with Crippen LogP contribution < -0.4 is 63.0 Å². The quantitative estimate of drug-likeness (QED) is 0.0147. The summed E-state index contributed by atoms with van der Waals surface area (Å²) in [5.74, 6) is 4.42. The van der Waals surface area contributed by atoms with Crippen LogP contribution >= 0.6 is 0 Å². The van der Waals surface area contributed by atoms with E-state index in [0.717, 1.165) is 206 Å². The van der Waals surface area contributed by atoms with Crippen LogP contribution in [0.4, 0.5) is 80.4 Å². The van der Waals surface area contributed by atoms with E-state index in [0.29, 0.717) is 46.5 Å². The first-order valence-corrected chi connectivity index (χ1v) is 40.0. The molecule has 0 spiro atoms. The standard InChI is InChI=1S/C32H39N9O2.C32H37N7O2.C25H32N6O/c1-4-22-20-34-41-29(19-28(38-31(22)41)40-17-6-8-24(33)21-40)35-26-9-5-10-27(18-26)37-32(43)23-12-14-25(15-13-23)36-30(42)11-7-16-39(2)3;1-4-22(3)34-25-14-12-24(13-15-25)32(41)36-27-10-8-9-26(19-27)35-30-20-29(37-31-23(5-2)21-33-39(30)31)38-17-7-6-11-28(38)16-18-40;1-4-18(3)27-20-9-8-10-21(15-20)28-24-16-23(29-25-19(5-2)17-26-31(24)25)30-13-7-6-11-22(30)12-14-32/h5,7,9-15,18-20,24,35H,4,6,8,16-17,21,33H2,1-3H3,(H,36,42)(H,37,43);4,8-10,12-15,19-21,28,34-35,40H,1,3,5-7,11,16-18H2,2H3,(H,36,41);4,8-10,15-17,22,27-28,32H,1,3,5-7,11-14H2,2H3/b11-7+;;. The number of amides is 3. The van der Waals surface area contributed by atoms with Gasteiger partial charge in [-0.1, -0.05) is 71.4 Å². The van der Waals surface area contributed by atoms with Crippen molar-refractivity contribution in [3.05, 3.63) is 248 Å². The van der Waals surface area contributed by atoms with Crippen molar-refractivity contribution in [3.63, 3.8) is 0 Å². The molecule has 6 aromatic heterocycles. The molecule has 0 aliphatic carbocycles. The summed E-state index contributed by atoms with van der Waals surface area (Å²) < 4.78 is 5.52. The number of piperidine rings is 3. The number of anilines is 14. The van der Waals surface area contributed by atoms with Crippen molar-refractivity contribution in [3.8, 4) is 0 Å². The van der Waals surface area contributed by atoms with Crippen LogP contribution in [0.1, 0.15) is 122 Å². The van der Waals surface area contributed by atoms with E-state index >= 15 is 0 Å². The van der Waals surface area contributed by atoms with Gasteiger partial charge in [0.2, 0.25) is 5.91 Å². The number of benzene rings is 5. The van der Waals surface area contributed by atoms with Crippen molar-refractivity contribution in [1.82, 2.24) is 48.7 Å². The van der Waals surface area contributed by atoms with Gasteiger partial charge in [-0.3, -0.25) is 14.4 Å². The number of rotatable bonds is 30. The van der Waals surface area contributed by atoms with Gasteiger partial charge in [0.15, 0.2) is 16.9 Å². The molecule has 5 aromatic carbocycles. The summed E-state index contributed by atoms with van der Waals surface area (Å²) in [4.78, 5) is 61.9. The Morgan fingerprint density at radius 2 is 0.888 bits per heavy atom. The third-order valence-corrected chi connectivity index (χ3v) is 20.6. The summed E-state index contributed by atoms with van der Waals surface area (Å²) in [6.07, 6.45) is 25.0. The molecule has 12 N–H and O–H groups in total. The molecule has 3 fully saturated rings. The van der Waals surface area contributed by atoms with Crippen molar-refractivity contribution >= 4 is 115 Å². The molecule has 14 rings (SSSR count). The van der Waals surface area contributed by atoms with E-state index in [9.17, 15) is 24.6 Å². The Morgan fingerprint density at radius 3 is 1.29 bits per heavy atom. The number of allylic oxidation sites excluding steroid dienone is 2. The second-order valence-corrected chi connectivity index (χ2v) is 29.4. The Kier molecular flexibility index (Phi) is 28.4. The predicted molar refractivity (Wildman–Crippen MR) is 470 cm³/mol. The van der Waals surface area contributed by atoms with Crippen LogP contribution in [0.2, 0.25) is 0 Å². The molecule has 9 heterocycles. The fourth-order valence-corrected chi connectivity index (χ4v) is 14.5. The van der Waals surface area contributed by atoms with E-state index in [1.807, 2.05) is 148 Å². The van der Waals surface area contributed by atoms with E-state index < -0.39 is 0 Å². The van der Waals surface area contributed by atoms with Crippen LogP contribution in [0, 0.1) is 0 Å². The Morgan fingerprint density at radius 1 is 0.491 bits per heavy atom. The number of likely N-dealkylation sites (N-methyl/N-ethyl adjacent to an activating group) is 1. The number of aliphatic hydroxyl groups excluding tert-OH is 2. The number of fused-ring (bicyclic) bond motifs is 3. The van der Waals surface area contributed by atoms with Gasteiger partial charge < -0.3 is 78.1 Å². The highest BCUT2D eigenvalue weighted by molar-refractivity contribution is 6.06. The zero-order valence-electron chi connectivity index (χ0n) is 67.0. The van der Waals surface area contributed by atoms with Crippen molar-refractivity contribution in [2.45, 2.75) is 122 Å². The van der Waals surface area contributed by atoms with Gasteiger partial charge in [-0.25, -0.2) is 15.0 Å². The van der Waals surface area contributed by atoms with Gasteiger partial charge in [-0.05, 0) is 213 Å². The molecule has 116 heavy (non-hydrogen) atoms. The number of hydrogen-bond acceptors (Lipinski definition) is 21. The van der Waals surface area contributed by atoms with Gasteiger partial charge in [-0.15, -0.1) is 0 Å². The highest BCUT2D eigenvalue weighted by Crippen LogP contribution is 2.35. The molecule has 3 aliphatic rings. The number of aliphatic hydroxyl groups is 2. The van der Waals surface area contributed by atoms with Gasteiger partial charge in [0.1, 0.15) is 34.9 Å².